The summed E-state index contributed by atoms with van der Waals surface area (Å²) in [6.45, 7) is 0. The summed E-state index contributed by atoms with van der Waals surface area (Å²) in [5.41, 5.74) is 14.1. The van der Waals surface area contributed by atoms with Gasteiger partial charge < -0.3 is 13.7 Å². The van der Waals surface area contributed by atoms with Crippen LogP contribution < -0.4 is 4.90 Å². The molecule has 0 fully saturated rings. The Morgan fingerprint density at radius 2 is 0.982 bits per heavy atom. The molecule has 11 aromatic rings. The maximum atomic E-state index is 6.93. The lowest BCUT2D eigenvalue weighted by Crippen LogP contribution is -2.10. The van der Waals surface area contributed by atoms with Crippen molar-refractivity contribution in [1.82, 2.24) is 4.98 Å². The molecule has 0 saturated carbocycles. The van der Waals surface area contributed by atoms with Gasteiger partial charge in [-0.3, -0.25) is 0 Å². The smallest absolute Gasteiger partial charge is 0.228 e. The van der Waals surface area contributed by atoms with Crippen LogP contribution in [0, 0.1) is 0 Å². The first-order valence-corrected chi connectivity index (χ1v) is 19.2. The molecule has 0 aliphatic carbocycles. The first kappa shape index (κ1) is 32.7. The zero-order valence-corrected chi connectivity index (χ0v) is 30.8. The van der Waals surface area contributed by atoms with Gasteiger partial charge in [-0.25, -0.2) is 4.98 Å². The monoisotopic (exact) mass is 730 g/mol. The van der Waals surface area contributed by atoms with Crippen molar-refractivity contribution >= 4 is 60.9 Å². The summed E-state index contributed by atoms with van der Waals surface area (Å²) in [6.07, 6.45) is 0. The molecule has 0 unspecified atom stereocenters. The van der Waals surface area contributed by atoms with Crippen molar-refractivity contribution in [2.75, 3.05) is 4.90 Å². The first-order valence-electron chi connectivity index (χ1n) is 19.2. The molecule has 9 aromatic carbocycles. The van der Waals surface area contributed by atoms with Crippen LogP contribution in [0.3, 0.4) is 0 Å². The number of aromatic nitrogens is 1. The Morgan fingerprint density at radius 1 is 0.386 bits per heavy atom. The second kappa shape index (κ2) is 13.6. The van der Waals surface area contributed by atoms with Crippen molar-refractivity contribution in [2.24, 2.45) is 0 Å². The summed E-state index contributed by atoms with van der Waals surface area (Å²) < 4.78 is 13.3. The fraction of sp³-hybridized carbons (Fsp3) is 0. The van der Waals surface area contributed by atoms with Crippen LogP contribution >= 0.6 is 0 Å². The summed E-state index contributed by atoms with van der Waals surface area (Å²) in [6, 6.07) is 72.4. The van der Waals surface area contributed by atoms with E-state index in [1.807, 2.05) is 24.3 Å². The number of oxazole rings is 1. The van der Waals surface area contributed by atoms with Crippen molar-refractivity contribution in [1.29, 1.82) is 0 Å². The van der Waals surface area contributed by atoms with Gasteiger partial charge in [0.15, 0.2) is 5.58 Å². The zero-order valence-electron chi connectivity index (χ0n) is 30.8. The van der Waals surface area contributed by atoms with E-state index in [0.717, 1.165) is 94.3 Å². The van der Waals surface area contributed by atoms with Crippen molar-refractivity contribution < 1.29 is 8.83 Å². The molecule has 0 aliphatic heterocycles. The van der Waals surface area contributed by atoms with Crippen LogP contribution in [0.5, 0.6) is 0 Å². The number of nitrogens with zero attached hydrogens (tertiary/aromatic N) is 2. The molecule has 0 atom stereocenters. The Balaban J connectivity index is 1.17. The molecule has 0 bridgehead atoms. The van der Waals surface area contributed by atoms with Gasteiger partial charge in [-0.1, -0.05) is 140 Å². The van der Waals surface area contributed by atoms with E-state index in [1.165, 1.54) is 5.56 Å². The van der Waals surface area contributed by atoms with E-state index in [4.69, 9.17) is 13.8 Å². The lowest BCUT2D eigenvalue weighted by Gasteiger charge is -2.28. The number of hydrogen-bond acceptors (Lipinski definition) is 4. The minimum atomic E-state index is 0.571. The molecule has 11 rings (SSSR count). The van der Waals surface area contributed by atoms with E-state index in [0.29, 0.717) is 5.89 Å². The average molecular weight is 731 g/mol. The minimum Gasteiger partial charge on any atom is -0.455 e. The highest BCUT2D eigenvalue weighted by atomic mass is 16.3. The third-order valence-corrected chi connectivity index (χ3v) is 10.9. The van der Waals surface area contributed by atoms with Gasteiger partial charge >= 0.3 is 0 Å². The molecule has 4 nitrogen and oxygen atoms in total. The van der Waals surface area contributed by atoms with E-state index < -0.39 is 0 Å². The van der Waals surface area contributed by atoms with Crippen LogP contribution in [0.2, 0.25) is 0 Å². The minimum absolute atomic E-state index is 0.571. The third-order valence-electron chi connectivity index (χ3n) is 10.9. The SMILES string of the molecule is c1ccc(-c2ccc(N(c3cc(-c4ccccc4)cc(-c4ccccc4)c3)c3cccc4oc5c(ccc6cccc(-c7nc8ccccc8o7)c65)c34)cc2)cc1. The Hall–Kier alpha value is -7.69. The van der Waals surface area contributed by atoms with Gasteiger partial charge in [-0.2, -0.15) is 0 Å². The molecular formula is C53H34N2O2. The number of fused-ring (bicyclic) bond motifs is 6. The molecule has 0 amide bonds. The van der Waals surface area contributed by atoms with Gasteiger partial charge in [0.25, 0.3) is 0 Å². The molecule has 0 aliphatic rings. The predicted octanol–water partition coefficient (Wildman–Crippen LogP) is 15.0. The fourth-order valence-corrected chi connectivity index (χ4v) is 8.18. The van der Waals surface area contributed by atoms with Crippen LogP contribution in [0.1, 0.15) is 0 Å². The van der Waals surface area contributed by atoms with E-state index in [9.17, 15) is 0 Å². The number of anilines is 3. The Kier molecular flexibility index (Phi) is 7.78. The molecular weight excluding hydrogens is 697 g/mol. The van der Waals surface area contributed by atoms with Gasteiger partial charge in [-0.15, -0.1) is 0 Å². The Labute approximate surface area is 329 Å². The summed E-state index contributed by atoms with van der Waals surface area (Å²) >= 11 is 0. The highest BCUT2D eigenvalue weighted by molar-refractivity contribution is 6.22. The molecule has 57 heavy (non-hydrogen) atoms. The highest BCUT2D eigenvalue weighted by Gasteiger charge is 2.23. The largest absolute Gasteiger partial charge is 0.455 e. The zero-order chi connectivity index (χ0) is 37.7. The average Bonchev–Trinajstić information content (AvgIpc) is 3.90. The van der Waals surface area contributed by atoms with Crippen LogP contribution in [0.25, 0.3) is 88.6 Å². The maximum absolute atomic E-state index is 6.93. The second-order valence-electron chi connectivity index (χ2n) is 14.3. The van der Waals surface area contributed by atoms with Crippen LogP contribution in [0.4, 0.5) is 17.1 Å². The third kappa shape index (κ3) is 5.74. The van der Waals surface area contributed by atoms with Crippen molar-refractivity contribution in [3.05, 3.63) is 206 Å². The maximum Gasteiger partial charge on any atom is 0.228 e. The number of para-hydroxylation sites is 2. The molecule has 0 radical (unpaired) electrons. The Bertz CT molecular complexity index is 3130. The Morgan fingerprint density at radius 3 is 1.67 bits per heavy atom. The quantitative estimate of drug-likeness (QED) is 0.164. The number of furan rings is 1. The van der Waals surface area contributed by atoms with Gasteiger partial charge in [-0.05, 0) is 105 Å². The van der Waals surface area contributed by atoms with E-state index >= 15 is 0 Å². The van der Waals surface area contributed by atoms with Crippen LogP contribution in [-0.2, 0) is 0 Å². The summed E-state index contributed by atoms with van der Waals surface area (Å²) in [4.78, 5) is 7.27. The van der Waals surface area contributed by atoms with E-state index in [-0.39, 0.29) is 0 Å². The topological polar surface area (TPSA) is 42.4 Å². The molecule has 0 N–H and O–H groups in total. The number of hydrogen-bond donors (Lipinski definition) is 0. The fourth-order valence-electron chi connectivity index (χ4n) is 8.18. The lowest BCUT2D eigenvalue weighted by atomic mass is 9.96. The van der Waals surface area contributed by atoms with Gasteiger partial charge in [0.1, 0.15) is 16.7 Å². The first-order chi connectivity index (χ1) is 28.2. The molecule has 4 heteroatoms. The van der Waals surface area contributed by atoms with Crippen molar-refractivity contribution in [3.8, 4) is 44.8 Å². The number of rotatable bonds is 7. The predicted molar refractivity (Wildman–Crippen MR) is 235 cm³/mol. The van der Waals surface area contributed by atoms with Gasteiger partial charge in [0.2, 0.25) is 5.89 Å². The molecule has 0 spiro atoms. The van der Waals surface area contributed by atoms with Crippen molar-refractivity contribution in [3.63, 3.8) is 0 Å². The summed E-state index contributed by atoms with van der Waals surface area (Å²) in [7, 11) is 0. The van der Waals surface area contributed by atoms with E-state index in [1.54, 1.807) is 0 Å². The van der Waals surface area contributed by atoms with Crippen molar-refractivity contribution in [2.45, 2.75) is 0 Å². The lowest BCUT2D eigenvalue weighted by molar-refractivity contribution is 0.620. The molecule has 0 saturated heterocycles. The molecule has 2 aromatic heterocycles. The van der Waals surface area contributed by atoms with Gasteiger partial charge in [0.05, 0.1) is 11.1 Å². The normalized spacial score (nSPS) is 11.5. The number of benzene rings is 9. The second-order valence-corrected chi connectivity index (χ2v) is 14.3. The highest BCUT2D eigenvalue weighted by Crippen LogP contribution is 2.47. The van der Waals surface area contributed by atoms with Crippen LogP contribution in [0.15, 0.2) is 215 Å². The van der Waals surface area contributed by atoms with E-state index in [2.05, 4.69) is 187 Å². The standard InChI is InChI=1S/C53H34N2O2/c1-4-14-35(15-5-1)38-26-29-42(30-27-38)55(43-33-40(36-16-6-2-7-17-36)32-41(34-43)37-18-8-3-9-19-37)47-23-13-25-49-51(47)44-31-28-39-20-12-21-45(50(39)52(44)56-49)53-54-46-22-10-11-24-48(46)57-53/h1-34H. The summed E-state index contributed by atoms with van der Waals surface area (Å²) in [5, 5.41) is 4.07. The van der Waals surface area contributed by atoms with Gasteiger partial charge in [0, 0.05) is 27.7 Å². The molecule has 2 heterocycles. The molecule has 268 valence electrons. The van der Waals surface area contributed by atoms with Crippen LogP contribution in [-0.4, -0.2) is 4.98 Å². The summed E-state index contributed by atoms with van der Waals surface area (Å²) in [5.74, 6) is 0.571.